The first kappa shape index (κ1) is 19.7. The molecule has 2 fully saturated rings. The van der Waals surface area contributed by atoms with Gasteiger partial charge in [-0.3, -0.25) is 9.69 Å². The summed E-state index contributed by atoms with van der Waals surface area (Å²) in [7, 11) is 0. The van der Waals surface area contributed by atoms with Crippen molar-refractivity contribution in [1.82, 2.24) is 10.2 Å². The molecule has 3 heterocycles. The van der Waals surface area contributed by atoms with Crippen LogP contribution in [0.5, 0.6) is 0 Å². The minimum absolute atomic E-state index is 0.196. The number of hydrogen-bond donors (Lipinski definition) is 2. The van der Waals surface area contributed by atoms with Gasteiger partial charge in [-0.2, -0.15) is 0 Å². The number of nitrogens with one attached hydrogen (secondary N) is 3. The topological polar surface area (TPSA) is 71.2 Å². The van der Waals surface area contributed by atoms with E-state index >= 15 is 0 Å². The molecule has 0 unspecified atom stereocenters. The van der Waals surface area contributed by atoms with E-state index in [-0.39, 0.29) is 11.9 Å². The van der Waals surface area contributed by atoms with Crippen molar-refractivity contribution in [2.45, 2.75) is 18.9 Å². The molecule has 1 aromatic carbocycles. The van der Waals surface area contributed by atoms with E-state index < -0.39 is 5.54 Å². The van der Waals surface area contributed by atoms with Crippen LogP contribution < -0.4 is 20.1 Å². The number of H-pyrrole nitrogens is 1. The molecule has 0 radical (unpaired) electrons. The first-order chi connectivity index (χ1) is 14.0. The standard InChI is InChI=1S/C21H24ClN5O2/c1-2-21(16-6-5-7-17(22)14-16)19(28)27(20(29)24-21)15-25-10-12-26(13-11-25)18-8-3-4-9-23-18/h3-9,14H,2,10-13,15H2,1H3,(H,24,29)/p+2/t21-/m0/s1. The van der Waals surface area contributed by atoms with Crippen molar-refractivity contribution in [2.24, 2.45) is 0 Å². The molecule has 152 valence electrons. The SMILES string of the molecule is CC[C@@]1(c2cccc(Cl)c2)NC(=O)N(C[NH+]2CCN(c3cccc[nH+]3)CC2)C1=O. The van der Waals surface area contributed by atoms with Crippen molar-refractivity contribution >= 4 is 29.4 Å². The predicted octanol–water partition coefficient (Wildman–Crippen LogP) is 0.674. The van der Waals surface area contributed by atoms with E-state index in [0.717, 1.165) is 37.6 Å². The highest BCUT2D eigenvalue weighted by Gasteiger charge is 2.52. The molecule has 0 aliphatic carbocycles. The number of carbonyl (C=O) groups excluding carboxylic acids is 2. The number of halogens is 1. The van der Waals surface area contributed by atoms with Crippen LogP contribution in [0.3, 0.4) is 0 Å². The lowest BCUT2D eigenvalue weighted by Gasteiger charge is -2.30. The van der Waals surface area contributed by atoms with Crippen LogP contribution in [0.4, 0.5) is 10.6 Å². The second-order valence-electron chi connectivity index (χ2n) is 7.58. The number of benzene rings is 1. The normalized spacial score (nSPS) is 22.8. The molecule has 2 aromatic rings. The Morgan fingerprint density at radius 2 is 1.97 bits per heavy atom. The monoisotopic (exact) mass is 415 g/mol. The molecule has 2 saturated heterocycles. The highest BCUT2D eigenvalue weighted by molar-refractivity contribution is 6.30. The number of nitrogens with zero attached hydrogens (tertiary/aromatic N) is 2. The molecule has 1 aromatic heterocycles. The number of rotatable bonds is 5. The van der Waals surface area contributed by atoms with Gasteiger partial charge in [-0.05, 0) is 30.2 Å². The Morgan fingerprint density at radius 1 is 1.17 bits per heavy atom. The Kier molecular flexibility index (Phi) is 5.43. The van der Waals surface area contributed by atoms with Crippen molar-refractivity contribution in [3.8, 4) is 0 Å². The zero-order chi connectivity index (χ0) is 20.4. The summed E-state index contributed by atoms with van der Waals surface area (Å²) in [6.07, 6.45) is 2.39. The van der Waals surface area contributed by atoms with E-state index in [2.05, 4.69) is 21.3 Å². The second kappa shape index (κ2) is 8.00. The fraction of sp³-hybridized carbons (Fsp3) is 0.381. The van der Waals surface area contributed by atoms with Crippen LogP contribution >= 0.6 is 11.6 Å². The largest absolute Gasteiger partial charge is 0.329 e. The Hall–Kier alpha value is -2.64. The average Bonchev–Trinajstić information content (AvgIpc) is 3.00. The molecule has 0 spiro atoms. The van der Waals surface area contributed by atoms with Crippen LogP contribution in [0, 0.1) is 0 Å². The molecule has 8 heteroatoms. The number of piperazine rings is 1. The highest BCUT2D eigenvalue weighted by atomic mass is 35.5. The van der Waals surface area contributed by atoms with Crippen LogP contribution in [0.1, 0.15) is 18.9 Å². The molecule has 4 rings (SSSR count). The van der Waals surface area contributed by atoms with Gasteiger partial charge in [0.1, 0.15) is 31.7 Å². The first-order valence-corrected chi connectivity index (χ1v) is 10.4. The fourth-order valence-corrected chi connectivity index (χ4v) is 4.38. The quantitative estimate of drug-likeness (QED) is 0.705. The maximum Gasteiger partial charge on any atom is 0.329 e. The van der Waals surface area contributed by atoms with Gasteiger partial charge in [0.25, 0.3) is 11.7 Å². The van der Waals surface area contributed by atoms with Crippen LogP contribution in [0.15, 0.2) is 48.7 Å². The fourth-order valence-electron chi connectivity index (χ4n) is 4.19. The number of carbonyl (C=O) groups is 2. The zero-order valence-corrected chi connectivity index (χ0v) is 17.2. The Morgan fingerprint density at radius 3 is 2.62 bits per heavy atom. The summed E-state index contributed by atoms with van der Waals surface area (Å²) < 4.78 is 0. The number of quaternary nitrogens is 1. The first-order valence-electron chi connectivity index (χ1n) is 9.99. The molecule has 2 aliphatic heterocycles. The third-order valence-electron chi connectivity index (χ3n) is 5.91. The van der Waals surface area contributed by atoms with E-state index in [4.69, 9.17) is 11.6 Å². The summed E-state index contributed by atoms with van der Waals surface area (Å²) in [6.45, 7) is 5.73. The molecule has 0 saturated carbocycles. The van der Waals surface area contributed by atoms with Gasteiger partial charge in [0.2, 0.25) is 0 Å². The van der Waals surface area contributed by atoms with E-state index in [9.17, 15) is 9.59 Å². The molecule has 7 nitrogen and oxygen atoms in total. The molecule has 0 bridgehead atoms. The lowest BCUT2D eigenvalue weighted by molar-refractivity contribution is -0.908. The van der Waals surface area contributed by atoms with Crippen molar-refractivity contribution in [3.63, 3.8) is 0 Å². The van der Waals surface area contributed by atoms with Crippen LogP contribution in [0.2, 0.25) is 5.02 Å². The van der Waals surface area contributed by atoms with E-state index in [1.807, 2.05) is 37.4 Å². The number of hydrogen-bond acceptors (Lipinski definition) is 3. The molecule has 3 amide bonds. The minimum Gasteiger partial charge on any atom is -0.319 e. The number of aromatic amines is 1. The van der Waals surface area contributed by atoms with Gasteiger partial charge in [0, 0.05) is 11.1 Å². The molecule has 29 heavy (non-hydrogen) atoms. The lowest BCUT2D eigenvalue weighted by atomic mass is 9.87. The van der Waals surface area contributed by atoms with Gasteiger partial charge in [0.05, 0.1) is 6.20 Å². The third-order valence-corrected chi connectivity index (χ3v) is 6.14. The van der Waals surface area contributed by atoms with Gasteiger partial charge < -0.3 is 10.2 Å². The Balaban J connectivity index is 1.45. The Bertz CT molecular complexity index is 901. The zero-order valence-electron chi connectivity index (χ0n) is 16.5. The molecule has 3 N–H and O–H groups in total. The molecular formula is C21H26ClN5O2+2. The van der Waals surface area contributed by atoms with Gasteiger partial charge in [-0.1, -0.05) is 36.7 Å². The summed E-state index contributed by atoms with van der Waals surface area (Å²) >= 11 is 6.13. The minimum atomic E-state index is -1.04. The maximum atomic E-state index is 13.3. The van der Waals surface area contributed by atoms with Crippen LogP contribution in [0.25, 0.3) is 0 Å². The number of urea groups is 1. The van der Waals surface area contributed by atoms with Crippen molar-refractivity contribution in [2.75, 3.05) is 37.7 Å². The summed E-state index contributed by atoms with van der Waals surface area (Å²) in [4.78, 5) is 34.2. The van der Waals surface area contributed by atoms with Gasteiger partial charge in [-0.25, -0.2) is 14.7 Å². The van der Waals surface area contributed by atoms with E-state index in [1.54, 1.807) is 12.1 Å². The smallest absolute Gasteiger partial charge is 0.319 e. The molecule has 2 aliphatic rings. The number of aromatic nitrogens is 1. The molecular weight excluding hydrogens is 390 g/mol. The number of imide groups is 1. The summed E-state index contributed by atoms with van der Waals surface area (Å²) in [6, 6.07) is 12.9. The number of anilines is 1. The number of amides is 3. The third kappa shape index (κ3) is 3.68. The van der Waals surface area contributed by atoms with Crippen LogP contribution in [-0.2, 0) is 10.3 Å². The summed E-state index contributed by atoms with van der Waals surface area (Å²) in [5, 5.41) is 3.49. The second-order valence-corrected chi connectivity index (χ2v) is 8.01. The van der Waals surface area contributed by atoms with Crippen molar-refractivity contribution in [1.29, 1.82) is 0 Å². The van der Waals surface area contributed by atoms with Crippen LogP contribution in [-0.4, -0.2) is 49.7 Å². The predicted molar refractivity (Wildman–Crippen MR) is 110 cm³/mol. The van der Waals surface area contributed by atoms with Crippen molar-refractivity contribution < 1.29 is 19.5 Å². The highest BCUT2D eigenvalue weighted by Crippen LogP contribution is 2.33. The van der Waals surface area contributed by atoms with E-state index in [1.165, 1.54) is 9.80 Å². The lowest BCUT2D eigenvalue weighted by Crippen LogP contribution is -3.16. The Labute approximate surface area is 175 Å². The maximum absolute atomic E-state index is 13.3. The van der Waals surface area contributed by atoms with Gasteiger partial charge in [0.15, 0.2) is 6.67 Å². The number of pyridine rings is 1. The van der Waals surface area contributed by atoms with Gasteiger partial charge >= 0.3 is 6.03 Å². The summed E-state index contributed by atoms with van der Waals surface area (Å²) in [5.74, 6) is 0.895. The van der Waals surface area contributed by atoms with Crippen molar-refractivity contribution in [3.05, 3.63) is 59.2 Å². The summed E-state index contributed by atoms with van der Waals surface area (Å²) in [5.41, 5.74) is -0.310. The molecule has 1 atom stereocenters. The average molecular weight is 416 g/mol. The van der Waals surface area contributed by atoms with E-state index in [0.29, 0.717) is 18.1 Å². The van der Waals surface area contributed by atoms with Gasteiger partial charge in [-0.15, -0.1) is 0 Å².